The average molecular weight is 546 g/mol. The largest absolute Gasteiger partial charge is 0.742 e. The number of rotatable bonds is 8. The lowest BCUT2D eigenvalue weighted by atomic mass is 10.1. The molecule has 0 radical (unpaired) electrons. The molecule has 12 nitrogen and oxygen atoms in total. The fraction of sp³-hybridized carbons (Fsp3) is 0.357. The Bertz CT molecular complexity index is 1200. The first kappa shape index (κ1) is 29.1. The van der Waals surface area contributed by atoms with Crippen molar-refractivity contribution in [2.75, 3.05) is 14.2 Å². The van der Waals surface area contributed by atoms with Gasteiger partial charge in [-0.15, -0.1) is 0 Å². The zero-order chi connectivity index (χ0) is 27.1. The van der Waals surface area contributed by atoms with Gasteiger partial charge in [-0.2, -0.15) is 34.8 Å². The minimum absolute atomic E-state index is 0.282. The number of carbonyl (C=O) groups is 3. The molecule has 0 aliphatic heterocycles. The van der Waals surface area contributed by atoms with E-state index in [0.717, 1.165) is 14.2 Å². The molecule has 34 heavy (non-hydrogen) atoms. The van der Waals surface area contributed by atoms with Gasteiger partial charge in [0.25, 0.3) is 5.91 Å². The third-order valence-corrected chi connectivity index (χ3v) is 6.20. The lowest BCUT2D eigenvalue weighted by molar-refractivity contribution is -0.246. The van der Waals surface area contributed by atoms with Crippen LogP contribution in [0.5, 0.6) is 0 Å². The summed E-state index contributed by atoms with van der Waals surface area (Å²) >= 11 is 0. The first-order chi connectivity index (χ1) is 15.1. The number of benzene rings is 1. The molecule has 0 aromatic heterocycles. The van der Waals surface area contributed by atoms with Gasteiger partial charge in [0.05, 0.1) is 25.3 Å². The maximum Gasteiger partial charge on any atom is 0.439 e. The Hall–Kier alpha value is -2.97. The first-order valence-electron chi connectivity index (χ1n) is 7.80. The fourth-order valence-electron chi connectivity index (χ4n) is 2.03. The zero-order valence-corrected chi connectivity index (χ0v) is 17.9. The van der Waals surface area contributed by atoms with E-state index in [1.807, 2.05) is 0 Å². The van der Waals surface area contributed by atoms with Gasteiger partial charge < -0.3 is 19.1 Å². The summed E-state index contributed by atoms with van der Waals surface area (Å²) in [6.07, 6.45) is 0. The number of hydrogen-bond donors (Lipinski definition) is 1. The molecule has 0 heterocycles. The summed E-state index contributed by atoms with van der Waals surface area (Å²) in [5.74, 6) is -12.9. The van der Waals surface area contributed by atoms with Crippen LogP contribution in [0.25, 0.3) is 0 Å². The molecule has 0 saturated heterocycles. The average Bonchev–Trinajstić information content (AvgIpc) is 2.75. The molecule has 1 aromatic rings. The second-order valence-electron chi connectivity index (χ2n) is 5.90. The van der Waals surface area contributed by atoms with Crippen molar-refractivity contribution in [3.8, 4) is 0 Å². The predicted molar refractivity (Wildman–Crippen MR) is 94.0 cm³/mol. The number of hydroxylamine groups is 1. The second kappa shape index (κ2) is 9.00. The molecule has 0 atom stereocenters. The maximum absolute atomic E-state index is 13.9. The van der Waals surface area contributed by atoms with Crippen molar-refractivity contribution in [3.05, 3.63) is 40.1 Å². The highest BCUT2D eigenvalue weighted by molar-refractivity contribution is 7.91. The fourth-order valence-corrected chi connectivity index (χ4v) is 3.54. The third-order valence-electron chi connectivity index (χ3n) is 3.79. The minimum atomic E-state index is -7.71. The van der Waals surface area contributed by atoms with Crippen LogP contribution < -0.4 is 0 Å². The van der Waals surface area contributed by atoms with Crippen molar-refractivity contribution < 1.29 is 71.6 Å². The lowest BCUT2D eigenvalue weighted by Crippen LogP contribution is -2.63. The molecule has 0 saturated carbocycles. The molecular weight excluding hydrogens is 536 g/mol. The molecule has 20 heteroatoms. The molecule has 0 aliphatic rings. The molecule has 1 amide bonds. The molecule has 0 unspecified atom stereocenters. The number of methoxy groups -OCH3 is 2. The summed E-state index contributed by atoms with van der Waals surface area (Å²) in [6, 6.07) is 1.22. The van der Waals surface area contributed by atoms with Gasteiger partial charge in [-0.25, -0.2) is 18.0 Å². The number of sulfonamides is 1. The van der Waals surface area contributed by atoms with E-state index in [2.05, 4.69) is 9.47 Å². The molecule has 192 valence electrons. The van der Waals surface area contributed by atoms with Gasteiger partial charge in [0.1, 0.15) is 0 Å². The van der Waals surface area contributed by atoms with Crippen LogP contribution in [0.2, 0.25) is 0 Å². The zero-order valence-electron chi connectivity index (χ0n) is 16.3. The Morgan fingerprint density at radius 3 is 1.50 bits per heavy atom. The summed E-state index contributed by atoms with van der Waals surface area (Å²) in [4.78, 5) is 35.4. The van der Waals surface area contributed by atoms with Crippen LogP contribution in [0, 0.1) is 5.21 Å². The van der Waals surface area contributed by atoms with Crippen molar-refractivity contribution in [3.63, 3.8) is 0 Å². The summed E-state index contributed by atoms with van der Waals surface area (Å²) in [7, 11) is -13.5. The quantitative estimate of drug-likeness (QED) is 0.214. The SMILES string of the molecule is COC(=O)c1cc(C(=O)OC)cc(C(=O)N([O-])S(=O)(=O)C(F)(F)C(F)(F)C(F)(F)S(=O)(=O)O)c1. The smallest absolute Gasteiger partial charge is 0.439 e. The lowest BCUT2D eigenvalue weighted by Gasteiger charge is -2.36. The Morgan fingerprint density at radius 2 is 1.18 bits per heavy atom. The van der Waals surface area contributed by atoms with E-state index in [0.29, 0.717) is 6.07 Å². The van der Waals surface area contributed by atoms with Crippen LogP contribution in [0.3, 0.4) is 0 Å². The molecule has 0 spiro atoms. The van der Waals surface area contributed by atoms with E-state index in [1.54, 1.807) is 0 Å². The second-order valence-corrected chi connectivity index (χ2v) is 9.16. The molecule has 0 fully saturated rings. The molecule has 1 rings (SSSR count). The van der Waals surface area contributed by atoms with Crippen LogP contribution in [-0.4, -0.2) is 74.4 Å². The number of alkyl halides is 6. The van der Waals surface area contributed by atoms with Crippen LogP contribution >= 0.6 is 0 Å². The number of ether oxygens (including phenoxy) is 2. The third kappa shape index (κ3) is 4.52. The van der Waals surface area contributed by atoms with Gasteiger partial charge in [-0.1, -0.05) is 0 Å². The molecule has 0 aliphatic carbocycles. The Labute approximate surface area is 185 Å². The van der Waals surface area contributed by atoms with E-state index >= 15 is 0 Å². The van der Waals surface area contributed by atoms with Gasteiger partial charge in [0, 0.05) is 5.56 Å². The Balaban J connectivity index is 3.68. The standard InChI is InChI=1S/C14H10F6NO11S2/c1-31-10(23)7-3-6(4-8(5-7)11(24)32-2)9(22)21(25)33(26,27)13(17,18)12(15,16)14(19,20)34(28,29)30/h3-5H,1-2H3,(H,28,29,30)/q-1. The van der Waals surface area contributed by atoms with E-state index in [1.165, 1.54) is 0 Å². The Morgan fingerprint density at radius 1 is 0.824 bits per heavy atom. The van der Waals surface area contributed by atoms with Crippen LogP contribution in [0.4, 0.5) is 26.3 Å². The number of halogens is 6. The van der Waals surface area contributed by atoms with Crippen molar-refractivity contribution in [1.29, 1.82) is 0 Å². The summed E-state index contributed by atoms with van der Waals surface area (Å²) in [5, 5.41) is -2.64. The van der Waals surface area contributed by atoms with Crippen molar-refractivity contribution >= 4 is 38.0 Å². The van der Waals surface area contributed by atoms with Gasteiger partial charge in [0.15, 0.2) is 0 Å². The van der Waals surface area contributed by atoms with Crippen LogP contribution in [0.15, 0.2) is 18.2 Å². The van der Waals surface area contributed by atoms with E-state index in [4.69, 9.17) is 4.55 Å². The van der Waals surface area contributed by atoms with Crippen molar-refractivity contribution in [2.24, 2.45) is 0 Å². The minimum Gasteiger partial charge on any atom is -0.742 e. The highest BCUT2D eigenvalue weighted by Gasteiger charge is 2.82. The summed E-state index contributed by atoms with van der Waals surface area (Å²) in [6.45, 7) is 0. The highest BCUT2D eigenvalue weighted by Crippen LogP contribution is 2.51. The van der Waals surface area contributed by atoms with E-state index < -0.39 is 75.6 Å². The Kier molecular flexibility index (Phi) is 7.69. The number of amides is 1. The van der Waals surface area contributed by atoms with E-state index in [9.17, 15) is 62.8 Å². The number of carbonyl (C=O) groups excluding carboxylic acids is 3. The molecule has 0 bridgehead atoms. The first-order valence-corrected chi connectivity index (χ1v) is 10.7. The molecule has 1 aromatic carbocycles. The number of esters is 2. The van der Waals surface area contributed by atoms with Gasteiger partial charge in [-0.3, -0.25) is 9.35 Å². The van der Waals surface area contributed by atoms with Crippen LogP contribution in [-0.2, 0) is 29.6 Å². The monoisotopic (exact) mass is 546 g/mol. The van der Waals surface area contributed by atoms with Crippen LogP contribution in [0.1, 0.15) is 31.1 Å². The number of nitrogens with zero attached hydrogens (tertiary/aromatic N) is 1. The van der Waals surface area contributed by atoms with E-state index in [-0.39, 0.29) is 12.1 Å². The predicted octanol–water partition coefficient (Wildman–Crippen LogP) is 1.24. The summed E-state index contributed by atoms with van der Waals surface area (Å²) in [5.41, 5.74) is -2.97. The topological polar surface area (TPSA) is 184 Å². The normalized spacial score (nSPS) is 13.2. The van der Waals surface area contributed by atoms with Gasteiger partial charge in [-0.05, 0) is 18.2 Å². The molecule has 1 N–H and O–H groups in total. The molecular formula is C14H10F6NO11S2-. The van der Waals surface area contributed by atoms with Gasteiger partial charge >= 0.3 is 48.5 Å². The highest BCUT2D eigenvalue weighted by atomic mass is 32.2. The maximum atomic E-state index is 13.9. The summed E-state index contributed by atoms with van der Waals surface area (Å²) < 4.78 is 140. The van der Waals surface area contributed by atoms with Crippen molar-refractivity contribution in [2.45, 2.75) is 16.4 Å². The van der Waals surface area contributed by atoms with Gasteiger partial charge in [0.2, 0.25) is 0 Å². The van der Waals surface area contributed by atoms with Crippen molar-refractivity contribution in [1.82, 2.24) is 4.47 Å². The number of hydrogen-bond acceptors (Lipinski definition) is 10.